The second-order valence-electron chi connectivity index (χ2n) is 9.04. The Balaban J connectivity index is 1.87. The monoisotopic (exact) mass is 422 g/mol. The standard InChI is InChI=1S/C20H30N4O6/c1-7-28-16(25)20(6)11-23(17(26)29-12-20)14-8-21-24-9-13(2)22(10-15(14)24)18(27)30-19(3,4)5/h8,13H,7,9-12H2,1-6H3/t13-,20?/m0/s1. The molecule has 0 N–H and O–H groups in total. The molecule has 3 rings (SSSR count). The van der Waals surface area contributed by atoms with Crippen LogP contribution in [-0.2, 0) is 32.1 Å². The number of ether oxygens (including phenoxy) is 3. The Morgan fingerprint density at radius 1 is 1.37 bits per heavy atom. The molecule has 2 amide bonds. The summed E-state index contributed by atoms with van der Waals surface area (Å²) in [6, 6.07) is -0.127. The molecule has 0 aromatic carbocycles. The van der Waals surface area contributed by atoms with Crippen molar-refractivity contribution in [3.63, 3.8) is 0 Å². The van der Waals surface area contributed by atoms with Gasteiger partial charge in [0.1, 0.15) is 17.6 Å². The predicted molar refractivity (Wildman–Crippen MR) is 107 cm³/mol. The minimum Gasteiger partial charge on any atom is -0.465 e. The maximum Gasteiger partial charge on any atom is 0.414 e. The molecule has 3 heterocycles. The fourth-order valence-corrected chi connectivity index (χ4v) is 3.55. The van der Waals surface area contributed by atoms with Gasteiger partial charge in [0.25, 0.3) is 0 Å². The molecule has 2 aliphatic rings. The lowest BCUT2D eigenvalue weighted by Crippen LogP contribution is -2.53. The quantitative estimate of drug-likeness (QED) is 0.545. The molecule has 0 saturated carbocycles. The smallest absolute Gasteiger partial charge is 0.414 e. The van der Waals surface area contributed by atoms with E-state index in [0.29, 0.717) is 17.9 Å². The third-order valence-corrected chi connectivity index (χ3v) is 5.14. The molecule has 1 saturated heterocycles. The van der Waals surface area contributed by atoms with Crippen LogP contribution >= 0.6 is 0 Å². The van der Waals surface area contributed by atoms with E-state index < -0.39 is 29.2 Å². The van der Waals surface area contributed by atoms with Gasteiger partial charge in [-0.3, -0.25) is 19.3 Å². The van der Waals surface area contributed by atoms with Crippen molar-refractivity contribution in [2.45, 2.75) is 66.3 Å². The van der Waals surface area contributed by atoms with Crippen LogP contribution in [0.4, 0.5) is 15.3 Å². The Labute approximate surface area is 176 Å². The summed E-state index contributed by atoms with van der Waals surface area (Å²) in [6.07, 6.45) is 0.583. The van der Waals surface area contributed by atoms with Gasteiger partial charge in [0, 0.05) is 6.54 Å². The van der Waals surface area contributed by atoms with E-state index in [2.05, 4.69) is 5.10 Å². The fourth-order valence-electron chi connectivity index (χ4n) is 3.55. The summed E-state index contributed by atoms with van der Waals surface area (Å²) in [5, 5.41) is 4.39. The molecule has 1 fully saturated rings. The highest BCUT2D eigenvalue weighted by molar-refractivity contribution is 5.92. The van der Waals surface area contributed by atoms with Crippen molar-refractivity contribution >= 4 is 23.8 Å². The largest absolute Gasteiger partial charge is 0.465 e. The number of fused-ring (bicyclic) bond motifs is 1. The molecule has 0 bridgehead atoms. The Kier molecular flexibility index (Phi) is 5.70. The molecule has 2 atom stereocenters. The average molecular weight is 422 g/mol. The van der Waals surface area contributed by atoms with Gasteiger partial charge in [0.05, 0.1) is 43.3 Å². The minimum absolute atomic E-state index is 0.0499. The average Bonchev–Trinajstić information content (AvgIpc) is 3.04. The first-order valence-corrected chi connectivity index (χ1v) is 10.1. The van der Waals surface area contributed by atoms with Crippen LogP contribution in [0.2, 0.25) is 0 Å². The highest BCUT2D eigenvalue weighted by Gasteiger charge is 2.46. The normalized spacial score (nSPS) is 24.2. The van der Waals surface area contributed by atoms with Crippen molar-refractivity contribution in [1.82, 2.24) is 14.7 Å². The molecule has 0 aliphatic carbocycles. The third-order valence-electron chi connectivity index (χ3n) is 5.14. The van der Waals surface area contributed by atoms with E-state index in [4.69, 9.17) is 14.2 Å². The van der Waals surface area contributed by atoms with Crippen molar-refractivity contribution in [1.29, 1.82) is 0 Å². The topological polar surface area (TPSA) is 103 Å². The van der Waals surface area contributed by atoms with Crippen LogP contribution < -0.4 is 4.90 Å². The van der Waals surface area contributed by atoms with E-state index >= 15 is 0 Å². The second kappa shape index (κ2) is 7.81. The van der Waals surface area contributed by atoms with Crippen LogP contribution in [0.3, 0.4) is 0 Å². The van der Waals surface area contributed by atoms with E-state index in [1.54, 1.807) is 29.6 Å². The maximum absolute atomic E-state index is 12.7. The summed E-state index contributed by atoms with van der Waals surface area (Å²) >= 11 is 0. The zero-order valence-electron chi connectivity index (χ0n) is 18.4. The fraction of sp³-hybridized carbons (Fsp3) is 0.700. The first-order valence-electron chi connectivity index (χ1n) is 10.1. The third kappa shape index (κ3) is 4.22. The Morgan fingerprint density at radius 3 is 2.70 bits per heavy atom. The minimum atomic E-state index is -0.994. The number of carbonyl (C=O) groups is 3. The SMILES string of the molecule is CCOC(=O)C1(C)COC(=O)N(c2cnn3c2CN(C(=O)OC(C)(C)C)[C@@H](C)C3)C1. The lowest BCUT2D eigenvalue weighted by atomic mass is 9.90. The second-order valence-corrected chi connectivity index (χ2v) is 9.04. The van der Waals surface area contributed by atoms with Gasteiger partial charge < -0.3 is 14.2 Å². The number of carbonyl (C=O) groups excluding carboxylic acids is 3. The van der Waals surface area contributed by atoms with Gasteiger partial charge in [0.2, 0.25) is 0 Å². The Hall–Kier alpha value is -2.78. The summed E-state index contributed by atoms with van der Waals surface area (Å²) in [5.41, 5.74) is -0.416. The first-order chi connectivity index (χ1) is 13.9. The van der Waals surface area contributed by atoms with Crippen LogP contribution in [0, 0.1) is 5.41 Å². The van der Waals surface area contributed by atoms with Gasteiger partial charge in [-0.1, -0.05) is 0 Å². The maximum atomic E-state index is 12.7. The molecule has 1 aromatic heterocycles. The van der Waals surface area contributed by atoms with Crippen LogP contribution in [0.1, 0.15) is 47.2 Å². The van der Waals surface area contributed by atoms with E-state index in [0.717, 1.165) is 0 Å². The van der Waals surface area contributed by atoms with Crippen molar-refractivity contribution < 1.29 is 28.6 Å². The van der Waals surface area contributed by atoms with Gasteiger partial charge in [-0.15, -0.1) is 0 Å². The number of hydrogen-bond acceptors (Lipinski definition) is 7. The molecule has 2 aliphatic heterocycles. The summed E-state index contributed by atoms with van der Waals surface area (Å²) in [7, 11) is 0. The van der Waals surface area contributed by atoms with Gasteiger partial charge in [0.15, 0.2) is 0 Å². The number of anilines is 1. The molecule has 10 nitrogen and oxygen atoms in total. The molecular formula is C20H30N4O6. The molecule has 1 aromatic rings. The summed E-state index contributed by atoms with van der Waals surface area (Å²) < 4.78 is 17.7. The van der Waals surface area contributed by atoms with Gasteiger partial charge in [-0.05, 0) is 41.5 Å². The highest BCUT2D eigenvalue weighted by Crippen LogP contribution is 2.34. The van der Waals surface area contributed by atoms with Gasteiger partial charge in [-0.25, -0.2) is 9.59 Å². The van der Waals surface area contributed by atoms with E-state index in [-0.39, 0.29) is 32.3 Å². The number of hydrogen-bond donors (Lipinski definition) is 0. The summed E-state index contributed by atoms with van der Waals surface area (Å²) in [6.45, 7) is 11.8. The number of rotatable bonds is 3. The van der Waals surface area contributed by atoms with Crippen molar-refractivity contribution in [3.05, 3.63) is 11.9 Å². The van der Waals surface area contributed by atoms with Gasteiger partial charge in [-0.2, -0.15) is 5.10 Å². The molecule has 0 radical (unpaired) electrons. The van der Waals surface area contributed by atoms with Crippen LogP contribution in [0.25, 0.3) is 0 Å². The molecule has 166 valence electrons. The van der Waals surface area contributed by atoms with Crippen LogP contribution in [0.15, 0.2) is 6.20 Å². The first kappa shape index (κ1) is 21.9. The number of esters is 1. The van der Waals surface area contributed by atoms with Crippen molar-refractivity contribution in [2.75, 3.05) is 24.7 Å². The molecule has 1 unspecified atom stereocenters. The number of amides is 2. The number of nitrogens with zero attached hydrogens (tertiary/aromatic N) is 4. The molecular weight excluding hydrogens is 392 g/mol. The number of cyclic esters (lactones) is 1. The van der Waals surface area contributed by atoms with E-state index in [9.17, 15) is 14.4 Å². The number of aromatic nitrogens is 2. The van der Waals surface area contributed by atoms with Crippen molar-refractivity contribution in [2.24, 2.45) is 5.41 Å². The predicted octanol–water partition coefficient (Wildman–Crippen LogP) is 2.55. The lowest BCUT2D eigenvalue weighted by Gasteiger charge is -2.39. The molecule has 10 heteroatoms. The zero-order valence-corrected chi connectivity index (χ0v) is 18.4. The molecule has 30 heavy (non-hydrogen) atoms. The summed E-state index contributed by atoms with van der Waals surface area (Å²) in [4.78, 5) is 40.6. The van der Waals surface area contributed by atoms with Crippen molar-refractivity contribution in [3.8, 4) is 0 Å². The van der Waals surface area contributed by atoms with E-state index in [1.165, 1.54) is 4.90 Å². The Bertz CT molecular complexity index is 845. The highest BCUT2D eigenvalue weighted by atomic mass is 16.6. The zero-order chi connectivity index (χ0) is 22.3. The van der Waals surface area contributed by atoms with Crippen LogP contribution in [0.5, 0.6) is 0 Å². The lowest BCUT2D eigenvalue weighted by molar-refractivity contribution is -0.157. The summed E-state index contributed by atoms with van der Waals surface area (Å²) in [5.74, 6) is -0.424. The van der Waals surface area contributed by atoms with E-state index in [1.807, 2.05) is 27.7 Å². The van der Waals surface area contributed by atoms with Gasteiger partial charge >= 0.3 is 18.2 Å². The Morgan fingerprint density at radius 2 is 2.07 bits per heavy atom. The van der Waals surface area contributed by atoms with Crippen LogP contribution in [-0.4, -0.2) is 64.2 Å². The molecule has 0 spiro atoms.